The molecule has 4 aliphatic rings. The van der Waals surface area contributed by atoms with E-state index in [9.17, 15) is 18.4 Å². The number of Topliss-reactive ketones (excluding diaryl/α,β-unsaturated/α-hetero) is 1. The van der Waals surface area contributed by atoms with E-state index in [-0.39, 0.29) is 29.1 Å². The number of nitrogens with zero attached hydrogens (tertiary/aromatic N) is 6. The lowest BCUT2D eigenvalue weighted by Gasteiger charge is -2.32. The fourth-order valence-electron chi connectivity index (χ4n) is 8.91. The van der Waals surface area contributed by atoms with E-state index in [1.54, 1.807) is 52.1 Å². The maximum Gasteiger partial charge on any atom is 0.283 e. The lowest BCUT2D eigenvalue weighted by Crippen LogP contribution is -2.37. The van der Waals surface area contributed by atoms with Crippen LogP contribution in [0.2, 0.25) is 0 Å². The molecule has 0 spiro atoms. The molecular formula is C44H32Br2F2N6O4. The Morgan fingerprint density at radius 2 is 1.31 bits per heavy atom. The molecule has 0 amide bonds. The molecule has 290 valence electrons. The second-order valence-corrected chi connectivity index (χ2v) is 16.5. The number of rotatable bonds is 2. The molecule has 4 heterocycles. The molecule has 3 atom stereocenters. The number of hydrogen-bond donors (Lipinski definition) is 0. The van der Waals surface area contributed by atoms with E-state index in [4.69, 9.17) is 22.6 Å². The molecule has 2 aromatic heterocycles. The summed E-state index contributed by atoms with van der Waals surface area (Å²) in [5.41, 5.74) is 3.82. The van der Waals surface area contributed by atoms with Crippen molar-refractivity contribution in [1.82, 2.24) is 19.6 Å². The average Bonchev–Trinajstić information content (AvgIpc) is 3.77. The first-order valence-corrected chi connectivity index (χ1v) is 20.4. The van der Waals surface area contributed by atoms with Gasteiger partial charge in [-0.05, 0) is 105 Å². The van der Waals surface area contributed by atoms with Crippen LogP contribution in [0.15, 0.2) is 93.7 Å². The number of ketones is 2. The fourth-order valence-corrected chi connectivity index (χ4v) is 10.4. The lowest BCUT2D eigenvalue weighted by atomic mass is 9.68. The molecule has 1 saturated carbocycles. The number of hydrogen-bond acceptors (Lipinski definition) is 6. The molecule has 2 aliphatic heterocycles. The first-order valence-electron chi connectivity index (χ1n) is 18.8. The molecule has 2 aliphatic carbocycles. The summed E-state index contributed by atoms with van der Waals surface area (Å²) >= 11 is 7.37. The quantitative estimate of drug-likeness (QED) is 0.161. The molecule has 0 radical (unpaired) electrons. The SMILES string of the molecule is [C-]#[N+]C12CCC(=O)C=C1CCOc1c2cc2cnn(-c3ccc(F)cc3)c2c1Br.[C-]#[N+][C@@]12CCC(=O)C[C@H]1CCOc1c2cc2cnn(-c3ccc(F)cc3)c2c1Br. The zero-order valence-corrected chi connectivity index (χ0v) is 33.9. The molecule has 10 rings (SSSR count). The largest absolute Gasteiger partial charge is 0.492 e. The summed E-state index contributed by atoms with van der Waals surface area (Å²) in [6.07, 6.45) is 8.46. The van der Waals surface area contributed by atoms with Crippen molar-refractivity contribution in [3.63, 3.8) is 0 Å². The van der Waals surface area contributed by atoms with Crippen molar-refractivity contribution in [2.45, 2.75) is 56.0 Å². The number of aromatic nitrogens is 4. The molecule has 0 bridgehead atoms. The number of fused-ring (bicyclic) bond motifs is 8. The smallest absolute Gasteiger partial charge is 0.283 e. The van der Waals surface area contributed by atoms with E-state index < -0.39 is 11.1 Å². The van der Waals surface area contributed by atoms with E-state index in [0.29, 0.717) is 74.1 Å². The highest BCUT2D eigenvalue weighted by Crippen LogP contribution is 2.54. The highest BCUT2D eigenvalue weighted by Gasteiger charge is 2.54. The minimum Gasteiger partial charge on any atom is -0.492 e. The third-order valence-corrected chi connectivity index (χ3v) is 13.3. The monoisotopic (exact) mass is 904 g/mol. The summed E-state index contributed by atoms with van der Waals surface area (Å²) in [4.78, 5) is 32.2. The maximum atomic E-state index is 13.3. The topological polar surface area (TPSA) is 97.0 Å². The predicted molar refractivity (Wildman–Crippen MR) is 219 cm³/mol. The number of carbonyl (C=O) groups excluding carboxylic acids is 2. The highest BCUT2D eigenvalue weighted by atomic mass is 79.9. The normalized spacial score (nSPS) is 22.2. The summed E-state index contributed by atoms with van der Waals surface area (Å²) in [5.74, 6) is 0.877. The number of allylic oxidation sites excluding steroid dienone is 1. The van der Waals surface area contributed by atoms with Crippen LogP contribution in [-0.2, 0) is 20.7 Å². The van der Waals surface area contributed by atoms with Gasteiger partial charge in [0.25, 0.3) is 11.1 Å². The van der Waals surface area contributed by atoms with E-state index in [1.165, 1.54) is 24.3 Å². The van der Waals surface area contributed by atoms with E-state index in [0.717, 1.165) is 54.4 Å². The minimum absolute atomic E-state index is 0.0426. The summed E-state index contributed by atoms with van der Waals surface area (Å²) in [7, 11) is 0. The van der Waals surface area contributed by atoms with Gasteiger partial charge < -0.3 is 19.2 Å². The standard InChI is InChI=1S/C22H17BrFN3O2.C22H15BrFN3O2/c2*1-25-22-8-6-17(28)11-14(22)7-9-29-21-18(22)10-13-12-26-27(20(13)19(21)23)16-4-2-15(24)3-5-16/h2-5,10,12,14H,6-9,11H2;2-5,10-12H,6-9H2/t14-,22+;/m1./s1. The Balaban J connectivity index is 0.000000150. The Bertz CT molecular complexity index is 2800. The summed E-state index contributed by atoms with van der Waals surface area (Å²) in [6.45, 7) is 16.9. The molecular weight excluding hydrogens is 874 g/mol. The Morgan fingerprint density at radius 1 is 0.741 bits per heavy atom. The van der Waals surface area contributed by atoms with Gasteiger partial charge in [0, 0.05) is 54.9 Å². The Hall–Kier alpha value is -5.70. The first kappa shape index (κ1) is 37.9. The molecule has 0 saturated heterocycles. The van der Waals surface area contributed by atoms with Crippen molar-refractivity contribution < 1.29 is 27.8 Å². The Kier molecular flexibility index (Phi) is 9.53. The van der Waals surface area contributed by atoms with Gasteiger partial charge in [-0.3, -0.25) is 9.59 Å². The molecule has 0 N–H and O–H groups in total. The number of carbonyl (C=O) groups is 2. The van der Waals surface area contributed by atoms with Crippen molar-refractivity contribution in [2.24, 2.45) is 5.92 Å². The van der Waals surface area contributed by atoms with Crippen molar-refractivity contribution in [3.05, 3.63) is 139 Å². The van der Waals surface area contributed by atoms with Gasteiger partial charge in [-0.25, -0.2) is 31.3 Å². The van der Waals surface area contributed by atoms with Gasteiger partial charge in [0.15, 0.2) is 5.78 Å². The second kappa shape index (κ2) is 14.6. The predicted octanol–water partition coefficient (Wildman–Crippen LogP) is 10.3. The molecule has 4 aromatic carbocycles. The highest BCUT2D eigenvalue weighted by molar-refractivity contribution is 9.11. The third kappa shape index (κ3) is 6.04. The second-order valence-electron chi connectivity index (χ2n) is 14.9. The van der Waals surface area contributed by atoms with Gasteiger partial charge in [0.05, 0.1) is 74.0 Å². The summed E-state index contributed by atoms with van der Waals surface area (Å²) in [5, 5.41) is 10.7. The van der Waals surface area contributed by atoms with Crippen LogP contribution < -0.4 is 9.47 Å². The van der Waals surface area contributed by atoms with Crippen LogP contribution in [0.4, 0.5) is 8.78 Å². The van der Waals surface area contributed by atoms with Crippen LogP contribution in [0.5, 0.6) is 11.5 Å². The van der Waals surface area contributed by atoms with Gasteiger partial charge in [-0.2, -0.15) is 10.2 Å². The summed E-state index contributed by atoms with van der Waals surface area (Å²) in [6, 6.07) is 16.2. The van der Waals surface area contributed by atoms with Crippen LogP contribution in [0, 0.1) is 30.7 Å². The number of benzene rings is 4. The van der Waals surface area contributed by atoms with Crippen LogP contribution >= 0.6 is 31.9 Å². The fraction of sp³-hybridized carbons (Fsp3) is 0.273. The minimum atomic E-state index is -0.894. The van der Waals surface area contributed by atoms with Gasteiger partial charge in [0.1, 0.15) is 28.9 Å². The third-order valence-electron chi connectivity index (χ3n) is 11.8. The first-order chi connectivity index (χ1) is 28.1. The summed E-state index contributed by atoms with van der Waals surface area (Å²) < 4.78 is 43.8. The van der Waals surface area contributed by atoms with E-state index >= 15 is 0 Å². The van der Waals surface area contributed by atoms with Gasteiger partial charge in [-0.15, -0.1) is 0 Å². The van der Waals surface area contributed by atoms with Crippen molar-refractivity contribution in [2.75, 3.05) is 13.2 Å². The van der Waals surface area contributed by atoms with Crippen LogP contribution in [0.3, 0.4) is 0 Å². The Labute approximate surface area is 348 Å². The Morgan fingerprint density at radius 3 is 1.90 bits per heavy atom. The van der Waals surface area contributed by atoms with Crippen molar-refractivity contribution in [3.8, 4) is 22.9 Å². The number of ether oxygens (including phenoxy) is 2. The molecule has 10 nitrogen and oxygen atoms in total. The van der Waals surface area contributed by atoms with Crippen LogP contribution in [-0.4, -0.2) is 44.3 Å². The van der Waals surface area contributed by atoms with Gasteiger partial charge >= 0.3 is 0 Å². The van der Waals surface area contributed by atoms with Crippen LogP contribution in [0.1, 0.15) is 56.1 Å². The molecule has 14 heteroatoms. The molecule has 1 unspecified atom stereocenters. The molecule has 1 fully saturated rings. The van der Waals surface area contributed by atoms with Crippen LogP contribution in [0.25, 0.3) is 42.9 Å². The van der Waals surface area contributed by atoms with Gasteiger partial charge in [0.2, 0.25) is 0 Å². The van der Waals surface area contributed by atoms with E-state index in [1.807, 2.05) is 12.1 Å². The molecule has 6 aromatic rings. The zero-order chi connectivity index (χ0) is 40.3. The maximum absolute atomic E-state index is 13.3. The van der Waals surface area contributed by atoms with Crippen molar-refractivity contribution >= 4 is 65.2 Å². The lowest BCUT2D eigenvalue weighted by molar-refractivity contribution is -0.122. The molecule has 58 heavy (non-hydrogen) atoms. The van der Waals surface area contributed by atoms with Crippen molar-refractivity contribution in [1.29, 1.82) is 0 Å². The zero-order valence-electron chi connectivity index (χ0n) is 30.8. The van der Waals surface area contributed by atoms with Gasteiger partial charge in [-0.1, -0.05) is 0 Å². The van der Waals surface area contributed by atoms with E-state index in [2.05, 4.69) is 51.7 Å². The number of halogens is 4. The average molecular weight is 907 g/mol.